The molecule has 2 atom stereocenters. The van der Waals surface area contributed by atoms with Crippen molar-refractivity contribution in [1.29, 1.82) is 0 Å². The van der Waals surface area contributed by atoms with Crippen molar-refractivity contribution in [2.24, 2.45) is 0 Å². The predicted molar refractivity (Wildman–Crippen MR) is 99.5 cm³/mol. The van der Waals surface area contributed by atoms with Gasteiger partial charge in [0.1, 0.15) is 5.75 Å². The number of thiol groups is 2. The zero-order valence-electron chi connectivity index (χ0n) is 12.8. The summed E-state index contributed by atoms with van der Waals surface area (Å²) in [6, 6.07) is 8.34. The van der Waals surface area contributed by atoms with Crippen molar-refractivity contribution >= 4 is 34.7 Å². The number of benzene rings is 2. The summed E-state index contributed by atoms with van der Waals surface area (Å²) >= 11 is 9.02. The van der Waals surface area contributed by atoms with Gasteiger partial charge in [0.05, 0.1) is 9.47 Å². The molecule has 2 rings (SSSR count). The van der Waals surface area contributed by atoms with Crippen molar-refractivity contribution in [3.63, 3.8) is 0 Å². The van der Waals surface area contributed by atoms with Gasteiger partial charge < -0.3 is 4.52 Å². The number of rotatable bonds is 3. The first kappa shape index (κ1) is 16.7. The van der Waals surface area contributed by atoms with Crippen molar-refractivity contribution in [3.8, 4) is 5.75 Å². The van der Waals surface area contributed by atoms with Crippen LogP contribution in [0.4, 0.5) is 0 Å². The highest BCUT2D eigenvalue weighted by Crippen LogP contribution is 2.39. The zero-order chi connectivity index (χ0) is 15.7. The SMILES string of the molecule is Cc1cc(S)cc(C(C)c2cc(S)cc(C)c2OP)c1C. The summed E-state index contributed by atoms with van der Waals surface area (Å²) in [6.07, 6.45) is 0. The van der Waals surface area contributed by atoms with E-state index in [1.807, 2.05) is 13.0 Å². The lowest BCUT2D eigenvalue weighted by molar-refractivity contribution is 0.620. The Morgan fingerprint density at radius 3 is 2.00 bits per heavy atom. The third kappa shape index (κ3) is 3.41. The van der Waals surface area contributed by atoms with Crippen molar-refractivity contribution in [1.82, 2.24) is 0 Å². The van der Waals surface area contributed by atoms with Gasteiger partial charge in [0.2, 0.25) is 0 Å². The molecule has 2 aromatic rings. The normalized spacial score (nSPS) is 12.3. The van der Waals surface area contributed by atoms with E-state index in [-0.39, 0.29) is 5.92 Å². The highest BCUT2D eigenvalue weighted by Gasteiger charge is 2.19. The summed E-state index contributed by atoms with van der Waals surface area (Å²) in [6.45, 7) is 8.53. The van der Waals surface area contributed by atoms with E-state index in [0.29, 0.717) is 0 Å². The summed E-state index contributed by atoms with van der Waals surface area (Å²) in [5.74, 6) is 1.13. The molecule has 21 heavy (non-hydrogen) atoms. The molecular weight excluding hydrogens is 315 g/mol. The molecule has 112 valence electrons. The zero-order valence-corrected chi connectivity index (χ0v) is 15.7. The average molecular weight is 336 g/mol. The number of hydrogen-bond donors (Lipinski definition) is 2. The van der Waals surface area contributed by atoms with Gasteiger partial charge in [-0.25, -0.2) is 0 Å². The fourth-order valence-electron chi connectivity index (χ4n) is 2.75. The first-order chi connectivity index (χ1) is 9.85. The molecule has 2 aromatic carbocycles. The standard InChI is InChI=1S/C17H21OPS2/c1-9-5-13(20)7-15(11(9)3)12(4)16-8-14(21)6-10(2)17(16)18-19/h5-8,12,20-21H,19H2,1-4H3. The Morgan fingerprint density at radius 1 is 0.905 bits per heavy atom. The molecule has 0 bridgehead atoms. The van der Waals surface area contributed by atoms with Crippen molar-refractivity contribution in [3.05, 3.63) is 52.1 Å². The fraction of sp³-hybridized carbons (Fsp3) is 0.294. The van der Waals surface area contributed by atoms with E-state index in [0.717, 1.165) is 26.7 Å². The molecule has 0 amide bonds. The van der Waals surface area contributed by atoms with Gasteiger partial charge in [-0.2, -0.15) is 0 Å². The fourth-order valence-corrected chi connectivity index (χ4v) is 3.74. The Hall–Kier alpha value is -0.630. The second kappa shape index (κ2) is 6.64. The average Bonchev–Trinajstić information content (AvgIpc) is 2.41. The van der Waals surface area contributed by atoms with E-state index in [1.54, 1.807) is 0 Å². The monoisotopic (exact) mass is 336 g/mol. The molecule has 1 nitrogen and oxygen atoms in total. The highest BCUT2D eigenvalue weighted by molar-refractivity contribution is 7.80. The van der Waals surface area contributed by atoms with E-state index < -0.39 is 0 Å². The lowest BCUT2D eigenvalue weighted by atomic mass is 9.87. The summed E-state index contributed by atoms with van der Waals surface area (Å²) in [5, 5.41) is 0. The second-order valence-electron chi connectivity index (χ2n) is 5.50. The van der Waals surface area contributed by atoms with E-state index >= 15 is 0 Å². The van der Waals surface area contributed by atoms with Gasteiger partial charge >= 0.3 is 0 Å². The maximum atomic E-state index is 5.54. The van der Waals surface area contributed by atoms with Gasteiger partial charge in [-0.3, -0.25) is 0 Å². The minimum absolute atomic E-state index is 0.220. The van der Waals surface area contributed by atoms with E-state index in [4.69, 9.17) is 4.52 Å². The molecule has 0 fully saturated rings. The van der Waals surface area contributed by atoms with Crippen LogP contribution in [-0.4, -0.2) is 0 Å². The molecular formula is C17H21OPS2. The van der Waals surface area contributed by atoms with Crippen LogP contribution in [0, 0.1) is 20.8 Å². The molecule has 0 N–H and O–H groups in total. The topological polar surface area (TPSA) is 9.23 Å². The summed E-state index contributed by atoms with van der Waals surface area (Å²) < 4.78 is 5.54. The van der Waals surface area contributed by atoms with Crippen LogP contribution in [0.5, 0.6) is 5.75 Å². The Balaban J connectivity index is 2.62. The van der Waals surface area contributed by atoms with E-state index in [2.05, 4.69) is 73.7 Å². The van der Waals surface area contributed by atoms with Gasteiger partial charge in [0.15, 0.2) is 0 Å². The third-order valence-corrected chi connectivity index (χ3v) is 4.78. The minimum Gasteiger partial charge on any atom is -0.480 e. The Labute approximate surface area is 140 Å². The van der Waals surface area contributed by atoms with Crippen LogP contribution in [0.25, 0.3) is 0 Å². The van der Waals surface area contributed by atoms with Gasteiger partial charge in [0, 0.05) is 21.3 Å². The minimum atomic E-state index is 0.220. The molecule has 0 aliphatic heterocycles. The van der Waals surface area contributed by atoms with Crippen LogP contribution in [0.3, 0.4) is 0 Å². The molecule has 0 aliphatic rings. The molecule has 2 unspecified atom stereocenters. The van der Waals surface area contributed by atoms with Gasteiger partial charge in [-0.05, 0) is 67.3 Å². The summed E-state index contributed by atoms with van der Waals surface area (Å²) in [5.41, 5.74) is 6.09. The lowest BCUT2D eigenvalue weighted by Crippen LogP contribution is -2.03. The maximum absolute atomic E-state index is 5.54. The number of aryl methyl sites for hydroxylation is 2. The van der Waals surface area contributed by atoms with Crippen LogP contribution in [0.15, 0.2) is 34.1 Å². The van der Waals surface area contributed by atoms with Gasteiger partial charge in [-0.15, -0.1) is 25.3 Å². The van der Waals surface area contributed by atoms with E-state index in [1.165, 1.54) is 16.7 Å². The highest BCUT2D eigenvalue weighted by atomic mass is 32.1. The molecule has 0 saturated heterocycles. The van der Waals surface area contributed by atoms with Crippen LogP contribution < -0.4 is 4.52 Å². The first-order valence-electron chi connectivity index (χ1n) is 6.85. The summed E-state index contributed by atoms with van der Waals surface area (Å²) in [7, 11) is 2.35. The third-order valence-electron chi connectivity index (χ3n) is 4.03. The second-order valence-corrected chi connectivity index (χ2v) is 6.77. The van der Waals surface area contributed by atoms with Crippen LogP contribution in [0.1, 0.15) is 40.7 Å². The quantitative estimate of drug-likeness (QED) is 0.555. The van der Waals surface area contributed by atoms with Crippen molar-refractivity contribution < 1.29 is 4.52 Å². The van der Waals surface area contributed by atoms with Crippen molar-refractivity contribution in [2.75, 3.05) is 0 Å². The van der Waals surface area contributed by atoms with Gasteiger partial charge in [0.25, 0.3) is 0 Å². The molecule has 0 aromatic heterocycles. The smallest absolute Gasteiger partial charge is 0.129 e. The van der Waals surface area contributed by atoms with E-state index in [9.17, 15) is 0 Å². The Bertz CT molecular complexity index is 683. The molecule has 4 heteroatoms. The van der Waals surface area contributed by atoms with Crippen LogP contribution in [0.2, 0.25) is 0 Å². The first-order valence-corrected chi connectivity index (χ1v) is 8.22. The maximum Gasteiger partial charge on any atom is 0.129 e. The van der Waals surface area contributed by atoms with Crippen molar-refractivity contribution in [2.45, 2.75) is 43.4 Å². The predicted octanol–water partition coefficient (Wildman–Crippen LogP) is 5.51. The number of hydrogen-bond acceptors (Lipinski definition) is 3. The molecule has 0 spiro atoms. The molecule has 0 saturated carbocycles. The molecule has 0 aliphatic carbocycles. The molecule has 0 radical (unpaired) electrons. The van der Waals surface area contributed by atoms with Crippen LogP contribution >= 0.6 is 34.7 Å². The summed E-state index contributed by atoms with van der Waals surface area (Å²) in [4.78, 5) is 1.95. The van der Waals surface area contributed by atoms with Crippen LogP contribution in [-0.2, 0) is 0 Å². The van der Waals surface area contributed by atoms with Gasteiger partial charge in [-0.1, -0.05) is 6.92 Å². The lowest BCUT2D eigenvalue weighted by Gasteiger charge is -2.21. The Kier molecular flexibility index (Phi) is 5.29. The largest absolute Gasteiger partial charge is 0.480 e. The molecule has 0 heterocycles. The Morgan fingerprint density at radius 2 is 1.43 bits per heavy atom.